The van der Waals surface area contributed by atoms with Gasteiger partial charge in [-0.1, -0.05) is 30.3 Å². The summed E-state index contributed by atoms with van der Waals surface area (Å²) in [7, 11) is 1.46. The molecule has 3 aliphatic rings. The van der Waals surface area contributed by atoms with Crippen LogP contribution in [0, 0.1) is 0 Å². The first kappa shape index (κ1) is 19.2. The van der Waals surface area contributed by atoms with Crippen LogP contribution in [0.3, 0.4) is 0 Å². The van der Waals surface area contributed by atoms with Crippen LogP contribution in [0.2, 0.25) is 0 Å². The Morgan fingerprint density at radius 3 is 2.52 bits per heavy atom. The van der Waals surface area contributed by atoms with Gasteiger partial charge in [-0.15, -0.1) is 0 Å². The Balaban J connectivity index is 1.69. The zero-order chi connectivity index (χ0) is 19.2. The van der Waals surface area contributed by atoms with Crippen molar-refractivity contribution in [1.82, 2.24) is 0 Å². The molecule has 0 radical (unpaired) electrons. The number of hydrogen-bond acceptors (Lipinski definition) is 8. The third-order valence-corrected chi connectivity index (χ3v) is 5.32. The van der Waals surface area contributed by atoms with Crippen LogP contribution < -0.4 is 0 Å². The van der Waals surface area contributed by atoms with Crippen LogP contribution in [-0.4, -0.2) is 72.6 Å². The van der Waals surface area contributed by atoms with Crippen LogP contribution in [0.5, 0.6) is 0 Å². The molecule has 150 valence electrons. The van der Waals surface area contributed by atoms with Gasteiger partial charge in [0.1, 0.15) is 24.4 Å². The van der Waals surface area contributed by atoms with Gasteiger partial charge in [0, 0.05) is 12.7 Å². The highest BCUT2D eigenvalue weighted by Crippen LogP contribution is 2.44. The molecule has 0 aliphatic carbocycles. The molecule has 1 aromatic carbocycles. The second-order valence-electron chi connectivity index (χ2n) is 7.56. The van der Waals surface area contributed by atoms with Gasteiger partial charge < -0.3 is 38.6 Å². The molecule has 8 heteroatoms. The summed E-state index contributed by atoms with van der Waals surface area (Å²) in [5.74, 6) is -1.03. The number of rotatable bonds is 2. The van der Waals surface area contributed by atoms with E-state index in [0.29, 0.717) is 0 Å². The molecule has 3 aliphatic heterocycles. The summed E-state index contributed by atoms with van der Waals surface area (Å²) >= 11 is 0. The van der Waals surface area contributed by atoms with Gasteiger partial charge in [-0.3, -0.25) is 0 Å². The molecule has 0 aromatic heterocycles. The van der Waals surface area contributed by atoms with Gasteiger partial charge in [0.15, 0.2) is 24.0 Å². The molecule has 4 rings (SSSR count). The number of ether oxygens (including phenoxy) is 6. The topological polar surface area (TPSA) is 95.8 Å². The molecule has 0 bridgehead atoms. The smallest absolute Gasteiger partial charge is 0.187 e. The van der Waals surface area contributed by atoms with Crippen molar-refractivity contribution >= 4 is 0 Å². The molecule has 3 saturated heterocycles. The van der Waals surface area contributed by atoms with Gasteiger partial charge in [-0.05, 0) is 13.8 Å². The SMILES string of the molecule is CO[C@H]1OC2CO[C@@H](c3ccccc3)OC2[C@@]2(O)[C@H](O)COC(C)(C)O[C@@H]12. The maximum Gasteiger partial charge on any atom is 0.187 e. The third-order valence-electron chi connectivity index (χ3n) is 5.32. The molecule has 27 heavy (non-hydrogen) atoms. The Labute approximate surface area is 157 Å². The fourth-order valence-electron chi connectivity index (χ4n) is 3.92. The summed E-state index contributed by atoms with van der Waals surface area (Å²) in [6.07, 6.45) is -5.38. The fraction of sp³-hybridized carbons (Fsp3) is 0.684. The van der Waals surface area contributed by atoms with Crippen molar-refractivity contribution in [2.45, 2.75) is 62.2 Å². The van der Waals surface area contributed by atoms with Crippen molar-refractivity contribution in [2.75, 3.05) is 20.3 Å². The van der Waals surface area contributed by atoms with Crippen molar-refractivity contribution in [1.29, 1.82) is 0 Å². The molecule has 0 spiro atoms. The number of benzene rings is 1. The van der Waals surface area contributed by atoms with Crippen molar-refractivity contribution in [2.24, 2.45) is 0 Å². The number of methoxy groups -OCH3 is 1. The van der Waals surface area contributed by atoms with Crippen LogP contribution in [0.4, 0.5) is 0 Å². The Hall–Kier alpha value is -1.10. The average molecular weight is 382 g/mol. The second kappa shape index (κ2) is 7.06. The molecule has 2 N–H and O–H groups in total. The van der Waals surface area contributed by atoms with E-state index < -0.39 is 48.4 Å². The molecule has 3 fully saturated rings. The number of fused-ring (bicyclic) bond motifs is 3. The molecular formula is C19H26O8. The highest BCUT2D eigenvalue weighted by atomic mass is 16.8. The van der Waals surface area contributed by atoms with E-state index in [-0.39, 0.29) is 13.2 Å². The summed E-state index contributed by atoms with van der Waals surface area (Å²) in [5.41, 5.74) is -0.987. The lowest BCUT2D eigenvalue weighted by molar-refractivity contribution is -0.406. The molecule has 3 heterocycles. The molecule has 1 aromatic rings. The van der Waals surface area contributed by atoms with E-state index in [4.69, 9.17) is 28.4 Å². The number of aliphatic hydroxyl groups is 2. The van der Waals surface area contributed by atoms with Gasteiger partial charge in [0.2, 0.25) is 0 Å². The zero-order valence-corrected chi connectivity index (χ0v) is 15.6. The number of aliphatic hydroxyl groups excluding tert-OH is 1. The second-order valence-corrected chi connectivity index (χ2v) is 7.56. The highest BCUT2D eigenvalue weighted by molar-refractivity contribution is 5.18. The zero-order valence-electron chi connectivity index (χ0n) is 15.6. The lowest BCUT2D eigenvalue weighted by Crippen LogP contribution is -2.74. The summed E-state index contributed by atoms with van der Waals surface area (Å²) in [4.78, 5) is 0. The average Bonchev–Trinajstić information content (AvgIpc) is 2.77. The van der Waals surface area contributed by atoms with E-state index in [1.807, 2.05) is 30.3 Å². The normalized spacial score (nSPS) is 44.0. The Bertz CT molecular complexity index is 652. The van der Waals surface area contributed by atoms with Gasteiger partial charge in [0.05, 0.1) is 13.2 Å². The van der Waals surface area contributed by atoms with Crippen molar-refractivity contribution in [3.8, 4) is 0 Å². The van der Waals surface area contributed by atoms with Crippen LogP contribution >= 0.6 is 0 Å². The molecular weight excluding hydrogens is 356 g/mol. The first-order chi connectivity index (χ1) is 12.8. The molecule has 2 unspecified atom stereocenters. The Morgan fingerprint density at radius 1 is 1.07 bits per heavy atom. The lowest BCUT2D eigenvalue weighted by Gasteiger charge is -2.54. The van der Waals surface area contributed by atoms with E-state index in [1.54, 1.807) is 13.8 Å². The summed E-state index contributed by atoms with van der Waals surface area (Å²) < 4.78 is 34.8. The predicted molar refractivity (Wildman–Crippen MR) is 91.5 cm³/mol. The Morgan fingerprint density at radius 2 is 1.81 bits per heavy atom. The monoisotopic (exact) mass is 382 g/mol. The lowest BCUT2D eigenvalue weighted by atomic mass is 9.79. The van der Waals surface area contributed by atoms with Gasteiger partial charge >= 0.3 is 0 Å². The largest absolute Gasteiger partial charge is 0.387 e. The molecule has 8 nitrogen and oxygen atoms in total. The fourth-order valence-corrected chi connectivity index (χ4v) is 3.92. The first-order valence-electron chi connectivity index (χ1n) is 9.07. The van der Waals surface area contributed by atoms with E-state index in [2.05, 4.69) is 0 Å². The predicted octanol–water partition coefficient (Wildman–Crippen LogP) is 0.715. The minimum absolute atomic E-state index is 0.111. The van der Waals surface area contributed by atoms with E-state index >= 15 is 0 Å². The standard InChI is InChI=1S/C19H26O8/c1-18(2)24-10-13(20)19(21)14-12(25-17(22-3)15(19)27-18)9-23-16(26-14)11-7-5-4-6-8-11/h4-8,12-17,20-21H,9-10H2,1-3H3/t12?,13-,14?,15+,16-,17+,19+/m1/s1. The molecule has 0 amide bonds. The van der Waals surface area contributed by atoms with Gasteiger partial charge in [-0.2, -0.15) is 0 Å². The Kier molecular flexibility index (Phi) is 5.02. The van der Waals surface area contributed by atoms with Crippen LogP contribution in [0.25, 0.3) is 0 Å². The third kappa shape index (κ3) is 3.30. The minimum Gasteiger partial charge on any atom is -0.387 e. The summed E-state index contributed by atoms with van der Waals surface area (Å²) in [6, 6.07) is 9.41. The maximum absolute atomic E-state index is 11.6. The van der Waals surface area contributed by atoms with E-state index in [0.717, 1.165) is 5.56 Å². The minimum atomic E-state index is -1.80. The van der Waals surface area contributed by atoms with E-state index in [1.165, 1.54) is 7.11 Å². The van der Waals surface area contributed by atoms with Crippen molar-refractivity contribution in [3.63, 3.8) is 0 Å². The van der Waals surface area contributed by atoms with Gasteiger partial charge in [0.25, 0.3) is 0 Å². The first-order valence-corrected chi connectivity index (χ1v) is 9.07. The quantitative estimate of drug-likeness (QED) is 0.772. The summed E-state index contributed by atoms with van der Waals surface area (Å²) in [6.45, 7) is 3.49. The van der Waals surface area contributed by atoms with Crippen LogP contribution in [-0.2, 0) is 28.4 Å². The number of hydrogen-bond donors (Lipinski definition) is 2. The van der Waals surface area contributed by atoms with Gasteiger partial charge in [-0.25, -0.2) is 0 Å². The van der Waals surface area contributed by atoms with Crippen molar-refractivity contribution in [3.05, 3.63) is 35.9 Å². The van der Waals surface area contributed by atoms with Crippen LogP contribution in [0.1, 0.15) is 25.7 Å². The molecule has 7 atom stereocenters. The molecule has 0 saturated carbocycles. The highest BCUT2D eigenvalue weighted by Gasteiger charge is 2.65. The maximum atomic E-state index is 11.6. The van der Waals surface area contributed by atoms with E-state index in [9.17, 15) is 10.2 Å². The van der Waals surface area contributed by atoms with Crippen LogP contribution in [0.15, 0.2) is 30.3 Å². The van der Waals surface area contributed by atoms with Crippen molar-refractivity contribution < 1.29 is 38.6 Å². The summed E-state index contributed by atoms with van der Waals surface area (Å²) in [5, 5.41) is 22.4.